The molecule has 4 atom stereocenters. The quantitative estimate of drug-likeness (QED) is 0.0949. The van der Waals surface area contributed by atoms with Gasteiger partial charge in [-0.3, -0.25) is 9.59 Å². The summed E-state index contributed by atoms with van der Waals surface area (Å²) < 4.78 is 16.9. The molecule has 0 saturated carbocycles. The molecule has 0 bridgehead atoms. The van der Waals surface area contributed by atoms with Crippen molar-refractivity contribution < 1.29 is 28.3 Å². The first-order valence-electron chi connectivity index (χ1n) is 15.3. The second-order valence-electron chi connectivity index (χ2n) is 13.8. The molecule has 2 N–H and O–H groups in total. The molecule has 10 heteroatoms. The van der Waals surface area contributed by atoms with Crippen molar-refractivity contribution in [1.82, 2.24) is 10.6 Å². The number of hydrogen-bond donors (Lipinski definition) is 2. The van der Waals surface area contributed by atoms with E-state index in [1.165, 1.54) is 19.3 Å². The Balaban J connectivity index is 2.75. The first-order valence-corrected chi connectivity index (χ1v) is 18.6. The van der Waals surface area contributed by atoms with E-state index >= 15 is 0 Å². The Bertz CT molecular complexity index is 1240. The highest BCUT2D eigenvalue weighted by atomic mass is 35.5. The molecule has 1 aliphatic heterocycles. The minimum absolute atomic E-state index is 0.0486. The van der Waals surface area contributed by atoms with Crippen LogP contribution in [-0.2, 0) is 28.3 Å². The third kappa shape index (κ3) is 14.7. The summed E-state index contributed by atoms with van der Waals surface area (Å²) >= 11 is 6.08. The number of hydrogen-bond acceptors (Lipinski definition) is 6. The topological polar surface area (TPSA) is 103 Å². The summed E-state index contributed by atoms with van der Waals surface area (Å²) in [5.74, 6) is 4.57. The number of rotatable bonds is 13. The summed E-state index contributed by atoms with van der Waals surface area (Å²) in [5, 5.41) is 6.39. The van der Waals surface area contributed by atoms with Crippen molar-refractivity contribution in [3.8, 4) is 11.8 Å². The summed E-state index contributed by atoms with van der Waals surface area (Å²) in [6.45, 7) is 20.5. The maximum Gasteiger partial charge on any atom is 0.373 e. The molecule has 1 heterocycles. The Hall–Kier alpha value is -3.06. The monoisotopic (exact) mass is 660 g/mol. The Kier molecular flexibility index (Phi) is 16.1. The number of nitrogens with one attached hydrogen (secondary N) is 2. The molecule has 0 aromatic carbocycles. The summed E-state index contributed by atoms with van der Waals surface area (Å²) in [4.78, 5) is 37.5. The van der Waals surface area contributed by atoms with Gasteiger partial charge in [0.1, 0.15) is 12.1 Å². The van der Waals surface area contributed by atoms with Gasteiger partial charge < -0.3 is 24.5 Å². The minimum atomic E-state index is -2.00. The van der Waals surface area contributed by atoms with E-state index in [2.05, 4.69) is 56.3 Å². The molecule has 0 aromatic heterocycles. The average Bonchev–Trinajstić information content (AvgIpc) is 2.92. The predicted octanol–water partition coefficient (Wildman–Crippen LogP) is 7.06. The molecule has 45 heavy (non-hydrogen) atoms. The van der Waals surface area contributed by atoms with E-state index in [0.717, 1.165) is 0 Å². The van der Waals surface area contributed by atoms with Crippen LogP contribution in [0, 0.1) is 23.2 Å². The lowest BCUT2D eigenvalue weighted by Crippen LogP contribution is -2.52. The van der Waals surface area contributed by atoms with E-state index < -0.39 is 31.7 Å². The molecule has 0 saturated heterocycles. The number of ether oxygens (including phenoxy) is 2. The molecule has 0 fully saturated rings. The molecule has 0 aromatic rings. The molecule has 1 aliphatic rings. The molecular weight excluding hydrogens is 608 g/mol. The molecule has 0 aliphatic carbocycles. The Morgan fingerprint density at radius 1 is 1.16 bits per heavy atom. The van der Waals surface area contributed by atoms with Crippen LogP contribution in [0.5, 0.6) is 0 Å². The van der Waals surface area contributed by atoms with Crippen molar-refractivity contribution in [2.75, 3.05) is 7.11 Å². The van der Waals surface area contributed by atoms with Crippen molar-refractivity contribution in [2.45, 2.75) is 111 Å². The van der Waals surface area contributed by atoms with Crippen LogP contribution in [0.4, 0.5) is 0 Å². The number of methoxy groups -OCH3 is 1. The summed E-state index contributed by atoms with van der Waals surface area (Å²) in [5.41, 5.74) is -0.537. The number of carbonyl (C=O) groups is 3. The molecule has 250 valence electrons. The maximum absolute atomic E-state index is 13.1. The van der Waals surface area contributed by atoms with Gasteiger partial charge in [-0.1, -0.05) is 90.1 Å². The minimum Gasteiger partial charge on any atom is -0.490 e. The van der Waals surface area contributed by atoms with Gasteiger partial charge in [0.15, 0.2) is 14.1 Å². The summed E-state index contributed by atoms with van der Waals surface area (Å²) in [7, 11) is -0.569. The van der Waals surface area contributed by atoms with Gasteiger partial charge in [0.25, 0.3) is 0 Å². The van der Waals surface area contributed by atoms with E-state index in [0.29, 0.717) is 24.3 Å². The van der Waals surface area contributed by atoms with Crippen LogP contribution < -0.4 is 10.6 Å². The summed E-state index contributed by atoms with van der Waals surface area (Å²) in [6.07, 6.45) is 14.9. The average molecular weight is 661 g/mol. The Labute approximate surface area is 276 Å². The van der Waals surface area contributed by atoms with Crippen molar-refractivity contribution in [2.24, 2.45) is 11.3 Å². The van der Waals surface area contributed by atoms with Crippen molar-refractivity contribution in [1.29, 1.82) is 0 Å². The molecule has 0 spiro atoms. The second kappa shape index (κ2) is 18.2. The Morgan fingerprint density at radius 3 is 2.36 bits per heavy atom. The maximum atomic E-state index is 13.1. The molecule has 0 unspecified atom stereocenters. The van der Waals surface area contributed by atoms with Gasteiger partial charge in [-0.05, 0) is 67.7 Å². The van der Waals surface area contributed by atoms with Gasteiger partial charge in [-0.2, -0.15) is 0 Å². The zero-order valence-corrected chi connectivity index (χ0v) is 30.6. The Morgan fingerprint density at radius 2 is 1.80 bits per heavy atom. The zero-order chi connectivity index (χ0) is 34.4. The van der Waals surface area contributed by atoms with Crippen LogP contribution in [0.1, 0.15) is 74.7 Å². The van der Waals surface area contributed by atoms with E-state index in [4.69, 9.17) is 25.5 Å². The highest BCUT2D eigenvalue weighted by Crippen LogP contribution is 2.38. The fourth-order valence-electron chi connectivity index (χ4n) is 3.97. The van der Waals surface area contributed by atoms with E-state index in [1.807, 2.05) is 52.8 Å². The third-order valence-electron chi connectivity index (χ3n) is 7.77. The van der Waals surface area contributed by atoms with Crippen LogP contribution >= 0.6 is 11.6 Å². The van der Waals surface area contributed by atoms with E-state index in [-0.39, 0.29) is 34.8 Å². The van der Waals surface area contributed by atoms with Gasteiger partial charge in [-0.15, -0.1) is 0 Å². The number of esters is 1. The lowest BCUT2D eigenvalue weighted by atomic mass is 9.86. The number of cyclic esters (lactones) is 1. The lowest BCUT2D eigenvalue weighted by Gasteiger charge is -2.39. The largest absolute Gasteiger partial charge is 0.490 e. The van der Waals surface area contributed by atoms with Crippen molar-refractivity contribution >= 4 is 37.7 Å². The fraction of sp³-hybridized carbons (Fsp3) is 0.571. The number of carbonyl (C=O) groups excluding carboxylic acids is 3. The van der Waals surface area contributed by atoms with E-state index in [1.54, 1.807) is 18.4 Å². The van der Waals surface area contributed by atoms with Crippen LogP contribution in [-0.4, -0.2) is 51.5 Å². The van der Waals surface area contributed by atoms with E-state index in [9.17, 15) is 14.4 Å². The fourth-order valence-corrected chi connectivity index (χ4v) is 5.43. The SMILES string of the molecule is COC1=CC[C@@H]([C@@H](C)/C=C/C#C/C=C/C(=O)N[C@H](C(=O)N/C=C\C[C@H](C/C=C(\C)Cl)O[Si](C)(C)C(C)(C)C)C(C)(C)C)OC1=O. The third-order valence-corrected chi connectivity index (χ3v) is 12.5. The first-order chi connectivity index (χ1) is 20.8. The number of amides is 2. The zero-order valence-electron chi connectivity index (χ0n) is 28.9. The highest BCUT2D eigenvalue weighted by Gasteiger charge is 2.39. The first kappa shape index (κ1) is 40.0. The molecule has 2 amide bonds. The van der Waals surface area contributed by atoms with Crippen LogP contribution in [0.25, 0.3) is 0 Å². The van der Waals surface area contributed by atoms with Crippen LogP contribution in [0.15, 0.2) is 59.5 Å². The number of allylic oxidation sites excluding steroid dienone is 3. The second-order valence-corrected chi connectivity index (χ2v) is 19.1. The lowest BCUT2D eigenvalue weighted by molar-refractivity contribution is -0.151. The molecule has 0 radical (unpaired) electrons. The smallest absolute Gasteiger partial charge is 0.373 e. The van der Waals surface area contributed by atoms with Crippen molar-refractivity contribution in [3.05, 3.63) is 59.5 Å². The standard InChI is InChI=1S/C35H53ClN2O6Si/c1-25(28-22-23-29(42-9)33(41)43-28)17-14-12-13-15-19-30(39)38-31(34(3,4)5)32(40)37-24-16-18-27(21-20-26(2)36)44-45(10,11)35(6,7)8/h14-17,19-20,23-25,27-28,31H,18,21-22H2,1-11H3,(H,37,40)(H,38,39)/b17-14+,19-15+,24-16-,26-20+/t25-,27+,28-,31+/m0/s1. The van der Waals surface area contributed by atoms with Gasteiger partial charge in [0.2, 0.25) is 11.8 Å². The molecule has 8 nitrogen and oxygen atoms in total. The van der Waals surface area contributed by atoms with Crippen molar-refractivity contribution in [3.63, 3.8) is 0 Å². The van der Waals surface area contributed by atoms with Gasteiger partial charge >= 0.3 is 5.97 Å². The highest BCUT2D eigenvalue weighted by molar-refractivity contribution is 6.74. The van der Waals surface area contributed by atoms with Gasteiger partial charge in [0.05, 0.1) is 13.2 Å². The number of halogens is 1. The van der Waals surface area contributed by atoms with Crippen LogP contribution in [0.2, 0.25) is 18.1 Å². The predicted molar refractivity (Wildman–Crippen MR) is 184 cm³/mol. The molecular formula is C35H53ClN2O6Si. The van der Waals surface area contributed by atoms with Gasteiger partial charge in [-0.25, -0.2) is 4.79 Å². The van der Waals surface area contributed by atoms with Gasteiger partial charge in [0, 0.05) is 23.4 Å². The summed E-state index contributed by atoms with van der Waals surface area (Å²) in [6, 6.07) is -0.778. The molecule has 1 rings (SSSR count). The van der Waals surface area contributed by atoms with Crippen LogP contribution in [0.3, 0.4) is 0 Å². The normalized spacial score (nSPS) is 18.6.